The van der Waals surface area contributed by atoms with Gasteiger partial charge in [-0.1, -0.05) is 5.16 Å². The zero-order valence-electron chi connectivity index (χ0n) is 9.88. The lowest BCUT2D eigenvalue weighted by atomic mass is 10.1. The minimum atomic E-state index is -4.55. The topological polar surface area (TPSA) is 92.6 Å². The molecule has 0 amide bonds. The van der Waals surface area contributed by atoms with E-state index in [0.29, 0.717) is 18.9 Å². The maximum Gasteiger partial charge on any atom is 0.400 e. The molecule has 1 aliphatic rings. The van der Waals surface area contributed by atoms with E-state index in [9.17, 15) is 13.2 Å². The van der Waals surface area contributed by atoms with Gasteiger partial charge in [0.15, 0.2) is 5.84 Å². The molecule has 1 aromatic heterocycles. The van der Waals surface area contributed by atoms with Crippen LogP contribution >= 0.6 is 0 Å². The number of alkyl halides is 3. The van der Waals surface area contributed by atoms with Crippen molar-refractivity contribution in [2.75, 3.05) is 13.1 Å². The van der Waals surface area contributed by atoms with Crippen LogP contribution in [0.3, 0.4) is 0 Å². The molecular weight excluding hydrogens is 265 g/mol. The molecule has 1 atom stereocenters. The third kappa shape index (κ3) is 2.95. The van der Waals surface area contributed by atoms with Gasteiger partial charge in [0, 0.05) is 19.6 Å². The average Bonchev–Trinajstić information content (AvgIpc) is 2.81. The molecule has 0 fully saturated rings. The molecule has 10 heteroatoms. The van der Waals surface area contributed by atoms with Crippen molar-refractivity contribution in [3.8, 4) is 0 Å². The second-order valence-corrected chi connectivity index (χ2v) is 4.29. The second kappa shape index (κ2) is 5.03. The fourth-order valence-corrected chi connectivity index (χ4v) is 1.96. The number of hydrogen-bond donors (Lipinski definition) is 2. The maximum absolute atomic E-state index is 12.8. The standard InChI is InChI=1S/C9H13F3N6O/c10-9(11,12)6(8(13)16-19)3-17-1-2-18-5-14-15-7(18)4-17/h5-6,19H,1-4H2,(H2,13,16). The van der Waals surface area contributed by atoms with Crippen LogP contribution in [0.15, 0.2) is 11.5 Å². The van der Waals surface area contributed by atoms with Gasteiger partial charge >= 0.3 is 6.18 Å². The SMILES string of the molecule is NC(=NO)C(CN1CCn2cnnc2C1)C(F)(F)F. The summed E-state index contributed by atoms with van der Waals surface area (Å²) in [5, 5.41) is 18.4. The Kier molecular flexibility index (Phi) is 3.60. The van der Waals surface area contributed by atoms with E-state index in [4.69, 9.17) is 10.9 Å². The number of nitrogens with two attached hydrogens (primary N) is 1. The Bertz CT molecular complexity index is 471. The van der Waals surface area contributed by atoms with Gasteiger partial charge in [0.25, 0.3) is 0 Å². The van der Waals surface area contributed by atoms with Gasteiger partial charge in [-0.15, -0.1) is 10.2 Å². The highest BCUT2D eigenvalue weighted by atomic mass is 19.4. The van der Waals surface area contributed by atoms with Crippen LogP contribution in [0.5, 0.6) is 0 Å². The van der Waals surface area contributed by atoms with E-state index in [2.05, 4.69) is 15.4 Å². The van der Waals surface area contributed by atoms with Gasteiger partial charge in [-0.25, -0.2) is 0 Å². The molecule has 1 aliphatic heterocycles. The van der Waals surface area contributed by atoms with Crippen LogP contribution < -0.4 is 5.73 Å². The summed E-state index contributed by atoms with van der Waals surface area (Å²) in [4.78, 5) is 1.56. The van der Waals surface area contributed by atoms with Crippen molar-refractivity contribution < 1.29 is 18.4 Å². The van der Waals surface area contributed by atoms with Crippen LogP contribution in [-0.4, -0.2) is 50.0 Å². The van der Waals surface area contributed by atoms with Crippen molar-refractivity contribution in [1.29, 1.82) is 0 Å². The molecule has 106 valence electrons. The second-order valence-electron chi connectivity index (χ2n) is 4.29. The number of aromatic nitrogens is 3. The molecule has 0 radical (unpaired) electrons. The molecule has 0 aliphatic carbocycles. The summed E-state index contributed by atoms with van der Waals surface area (Å²) in [7, 11) is 0. The summed E-state index contributed by atoms with van der Waals surface area (Å²) >= 11 is 0. The molecule has 1 unspecified atom stereocenters. The third-order valence-corrected chi connectivity index (χ3v) is 3.03. The molecule has 0 aromatic carbocycles. The van der Waals surface area contributed by atoms with Crippen LogP contribution in [0.1, 0.15) is 5.82 Å². The molecule has 19 heavy (non-hydrogen) atoms. The van der Waals surface area contributed by atoms with Crippen LogP contribution in [0.25, 0.3) is 0 Å². The number of fused-ring (bicyclic) bond motifs is 1. The number of nitrogens with zero attached hydrogens (tertiary/aromatic N) is 5. The van der Waals surface area contributed by atoms with E-state index in [1.165, 1.54) is 6.33 Å². The van der Waals surface area contributed by atoms with E-state index in [1.807, 2.05) is 0 Å². The van der Waals surface area contributed by atoms with Gasteiger partial charge in [-0.2, -0.15) is 13.2 Å². The van der Waals surface area contributed by atoms with Gasteiger partial charge in [0.1, 0.15) is 18.1 Å². The number of amidine groups is 1. The monoisotopic (exact) mass is 278 g/mol. The average molecular weight is 278 g/mol. The summed E-state index contributed by atoms with van der Waals surface area (Å²) in [6.45, 7) is 0.830. The van der Waals surface area contributed by atoms with Gasteiger partial charge in [-0.05, 0) is 0 Å². The first-order chi connectivity index (χ1) is 8.91. The first-order valence-electron chi connectivity index (χ1n) is 5.55. The molecule has 0 saturated carbocycles. The van der Waals surface area contributed by atoms with Crippen LogP contribution in [0.2, 0.25) is 0 Å². The van der Waals surface area contributed by atoms with Crippen LogP contribution in [-0.2, 0) is 13.1 Å². The van der Waals surface area contributed by atoms with E-state index >= 15 is 0 Å². The minimum absolute atomic E-state index is 0.255. The Hall–Kier alpha value is -1.84. The van der Waals surface area contributed by atoms with Crippen LogP contribution in [0.4, 0.5) is 13.2 Å². The zero-order valence-corrected chi connectivity index (χ0v) is 9.88. The summed E-state index contributed by atoms with van der Waals surface area (Å²) in [6, 6.07) is 0. The highest BCUT2D eigenvalue weighted by molar-refractivity contribution is 5.83. The van der Waals surface area contributed by atoms with Gasteiger partial charge in [0.05, 0.1) is 6.54 Å². The Morgan fingerprint density at radius 1 is 1.53 bits per heavy atom. The Morgan fingerprint density at radius 3 is 2.89 bits per heavy atom. The number of rotatable bonds is 3. The van der Waals surface area contributed by atoms with Gasteiger partial charge < -0.3 is 15.5 Å². The summed E-state index contributed by atoms with van der Waals surface area (Å²) < 4.78 is 40.2. The van der Waals surface area contributed by atoms with Crippen molar-refractivity contribution in [2.45, 2.75) is 19.3 Å². The van der Waals surface area contributed by atoms with Gasteiger partial charge in [0.2, 0.25) is 0 Å². The lowest BCUT2D eigenvalue weighted by Crippen LogP contribution is -2.46. The molecule has 3 N–H and O–H groups in total. The van der Waals surface area contributed by atoms with Gasteiger partial charge in [-0.3, -0.25) is 4.90 Å². The molecule has 0 spiro atoms. The smallest absolute Gasteiger partial charge is 0.400 e. The minimum Gasteiger partial charge on any atom is -0.409 e. The highest BCUT2D eigenvalue weighted by Crippen LogP contribution is 2.28. The summed E-state index contributed by atoms with van der Waals surface area (Å²) in [6.07, 6.45) is -3.01. The predicted octanol–water partition coefficient (Wildman–Crippen LogP) is 0.0186. The summed E-state index contributed by atoms with van der Waals surface area (Å²) in [5.41, 5.74) is 5.12. The normalized spacial score (nSPS) is 19.2. The Balaban J connectivity index is 2.07. The fourth-order valence-electron chi connectivity index (χ4n) is 1.96. The molecule has 0 bridgehead atoms. The van der Waals surface area contributed by atoms with E-state index in [-0.39, 0.29) is 13.1 Å². The molecule has 2 rings (SSSR count). The number of halogens is 3. The Morgan fingerprint density at radius 2 is 2.26 bits per heavy atom. The first-order valence-corrected chi connectivity index (χ1v) is 5.55. The lowest BCUT2D eigenvalue weighted by molar-refractivity contribution is -0.161. The number of oxime groups is 1. The first kappa shape index (κ1) is 13.6. The quantitative estimate of drug-likeness (QED) is 0.352. The molecule has 2 heterocycles. The van der Waals surface area contributed by atoms with E-state index in [0.717, 1.165) is 0 Å². The lowest BCUT2D eigenvalue weighted by Gasteiger charge is -2.30. The molecular formula is C9H13F3N6O. The highest BCUT2D eigenvalue weighted by Gasteiger charge is 2.44. The van der Waals surface area contributed by atoms with Crippen molar-refractivity contribution in [3.63, 3.8) is 0 Å². The van der Waals surface area contributed by atoms with Crippen molar-refractivity contribution >= 4 is 5.84 Å². The van der Waals surface area contributed by atoms with E-state index in [1.54, 1.807) is 9.47 Å². The molecule has 7 nitrogen and oxygen atoms in total. The van der Waals surface area contributed by atoms with Crippen molar-refractivity contribution in [3.05, 3.63) is 12.2 Å². The maximum atomic E-state index is 12.8. The fraction of sp³-hybridized carbons (Fsp3) is 0.667. The van der Waals surface area contributed by atoms with Crippen molar-refractivity contribution in [2.24, 2.45) is 16.8 Å². The third-order valence-electron chi connectivity index (χ3n) is 3.03. The largest absolute Gasteiger partial charge is 0.409 e. The summed E-state index contributed by atoms with van der Waals surface area (Å²) in [5.74, 6) is -2.22. The zero-order chi connectivity index (χ0) is 14.0. The predicted molar refractivity (Wildman–Crippen MR) is 58.3 cm³/mol. The van der Waals surface area contributed by atoms with Crippen LogP contribution in [0, 0.1) is 5.92 Å². The molecule has 0 saturated heterocycles. The Labute approximate surface area is 106 Å². The van der Waals surface area contributed by atoms with E-state index < -0.39 is 17.9 Å². The number of hydrogen-bond acceptors (Lipinski definition) is 5. The molecule has 1 aromatic rings. The van der Waals surface area contributed by atoms with Crippen molar-refractivity contribution in [1.82, 2.24) is 19.7 Å².